The molecule has 2 aromatic carbocycles. The Hall–Kier alpha value is -3.48. The molecule has 0 aliphatic heterocycles. The normalized spacial score (nSPS) is 16.4. The van der Waals surface area contributed by atoms with Crippen molar-refractivity contribution in [1.82, 2.24) is 0 Å². The molecule has 0 aromatic heterocycles. The van der Waals surface area contributed by atoms with Crippen LogP contribution in [0.2, 0.25) is 0 Å². The largest absolute Gasteiger partial charge is 0.497 e. The van der Waals surface area contributed by atoms with Gasteiger partial charge in [0, 0.05) is 17.9 Å². The minimum atomic E-state index is -1.27. The molecular weight excluding hydrogens is 516 g/mol. The van der Waals surface area contributed by atoms with Crippen molar-refractivity contribution in [3.8, 4) is 29.4 Å². The molecule has 36 heavy (non-hydrogen) atoms. The Morgan fingerprint density at radius 2 is 1.72 bits per heavy atom. The topological polar surface area (TPSA) is 75.3 Å². The van der Waals surface area contributed by atoms with Crippen LogP contribution < -0.4 is 14.2 Å². The van der Waals surface area contributed by atoms with Gasteiger partial charge < -0.3 is 14.2 Å². The van der Waals surface area contributed by atoms with Gasteiger partial charge in [-0.2, -0.15) is 10.5 Å². The van der Waals surface area contributed by atoms with E-state index in [4.69, 9.17) is 14.2 Å². The highest BCUT2D eigenvalue weighted by atomic mass is 79.9. The summed E-state index contributed by atoms with van der Waals surface area (Å²) in [6.45, 7) is 3.82. The third kappa shape index (κ3) is 5.50. The molecule has 1 aliphatic carbocycles. The summed E-state index contributed by atoms with van der Waals surface area (Å²) < 4.78 is 17.5. The molecule has 186 valence electrons. The van der Waals surface area contributed by atoms with E-state index in [1.165, 1.54) is 0 Å². The van der Waals surface area contributed by atoms with Crippen molar-refractivity contribution in [1.29, 1.82) is 10.5 Å². The summed E-state index contributed by atoms with van der Waals surface area (Å²) in [5, 5.41) is 20.4. The van der Waals surface area contributed by atoms with Gasteiger partial charge in [-0.1, -0.05) is 36.4 Å². The van der Waals surface area contributed by atoms with Crippen molar-refractivity contribution in [3.63, 3.8) is 0 Å². The highest BCUT2D eigenvalue weighted by Crippen LogP contribution is 2.51. The molecule has 0 radical (unpaired) electrons. The number of halogens is 1. The molecule has 2 atom stereocenters. The quantitative estimate of drug-likeness (QED) is 0.286. The Morgan fingerprint density at radius 1 is 1.06 bits per heavy atom. The average molecular weight is 547 g/mol. The maximum absolute atomic E-state index is 10.2. The minimum absolute atomic E-state index is 0.0928. The number of ether oxygens (including phenoxy) is 3. The monoisotopic (exact) mass is 546 g/mol. The zero-order valence-corrected chi connectivity index (χ0v) is 22.5. The van der Waals surface area contributed by atoms with Gasteiger partial charge >= 0.3 is 0 Å². The highest BCUT2D eigenvalue weighted by molar-refractivity contribution is 9.10. The highest BCUT2D eigenvalue weighted by Gasteiger charge is 2.42. The van der Waals surface area contributed by atoms with Crippen LogP contribution in [0, 0.1) is 34.0 Å². The number of allylic oxidation sites excluding steroid dienone is 4. The van der Waals surface area contributed by atoms with Gasteiger partial charge in [0.1, 0.15) is 17.2 Å². The Balaban J connectivity index is 2.22. The zero-order chi connectivity index (χ0) is 26.1. The summed E-state index contributed by atoms with van der Waals surface area (Å²) in [4.78, 5) is 0. The smallest absolute Gasteiger partial charge is 0.168 e. The first-order valence-electron chi connectivity index (χ1n) is 11.8. The molecule has 2 aromatic rings. The fourth-order valence-electron chi connectivity index (χ4n) is 4.91. The second-order valence-electron chi connectivity index (χ2n) is 8.67. The van der Waals surface area contributed by atoms with Crippen LogP contribution >= 0.6 is 15.9 Å². The van der Waals surface area contributed by atoms with Gasteiger partial charge in [-0.05, 0) is 76.5 Å². The standard InChI is InChI=1S/C30H31BrN2O3/c1-5-18-30(19-32,20-33)25-9-7-6-8-23(25)24(15-12-21-10-13-22(34-2)14-11-21)28-26(35-3)16-17-27(36-4)29(28)31/h5,9-17,23-24H,1,6-8,18H2,2-4H3/b15-12+/t23-,24+/m0/s1. The van der Waals surface area contributed by atoms with Gasteiger partial charge in [-0.15, -0.1) is 6.58 Å². The van der Waals surface area contributed by atoms with Crippen molar-refractivity contribution in [2.24, 2.45) is 11.3 Å². The molecule has 3 rings (SSSR count). The number of hydrogen-bond donors (Lipinski definition) is 0. The number of methoxy groups -OCH3 is 3. The van der Waals surface area contributed by atoms with Crippen molar-refractivity contribution in [3.05, 3.63) is 82.4 Å². The molecule has 0 amide bonds. The fraction of sp³-hybridized carbons (Fsp3) is 0.333. The number of rotatable bonds is 10. The van der Waals surface area contributed by atoms with Crippen molar-refractivity contribution in [2.45, 2.75) is 31.6 Å². The van der Waals surface area contributed by atoms with E-state index in [2.05, 4.69) is 52.9 Å². The maximum Gasteiger partial charge on any atom is 0.168 e. The first-order valence-corrected chi connectivity index (χ1v) is 12.6. The molecule has 0 unspecified atom stereocenters. The van der Waals surface area contributed by atoms with Crippen molar-refractivity contribution >= 4 is 22.0 Å². The molecule has 0 saturated carbocycles. The van der Waals surface area contributed by atoms with Gasteiger partial charge in [0.05, 0.1) is 37.9 Å². The van der Waals surface area contributed by atoms with Crippen LogP contribution in [0.5, 0.6) is 17.2 Å². The summed E-state index contributed by atoms with van der Waals surface area (Å²) in [5.74, 6) is 1.90. The lowest BCUT2D eigenvalue weighted by atomic mass is 9.65. The zero-order valence-electron chi connectivity index (χ0n) is 21.0. The third-order valence-corrected chi connectivity index (χ3v) is 7.55. The lowest BCUT2D eigenvalue weighted by Crippen LogP contribution is -2.29. The van der Waals surface area contributed by atoms with E-state index < -0.39 is 5.41 Å². The first kappa shape index (κ1) is 27.1. The van der Waals surface area contributed by atoms with Crippen molar-refractivity contribution < 1.29 is 14.2 Å². The molecular formula is C30H31BrN2O3. The Bertz CT molecular complexity index is 1200. The van der Waals surface area contributed by atoms with Crippen LogP contribution in [0.1, 0.15) is 42.7 Å². The Morgan fingerprint density at radius 3 is 2.31 bits per heavy atom. The summed E-state index contributed by atoms with van der Waals surface area (Å²) in [6.07, 6.45) is 10.8. The Kier molecular flexibility index (Phi) is 9.39. The SMILES string of the molecule is C=CCC(C#N)(C#N)C1=CCCC[C@H]1[C@@H](/C=C/c1ccc(OC)cc1)c1c(OC)ccc(OC)c1Br. The Labute approximate surface area is 222 Å². The molecule has 6 heteroatoms. The molecule has 0 spiro atoms. The fourth-order valence-corrected chi connectivity index (χ4v) is 5.66. The molecule has 0 fully saturated rings. The number of nitrogens with zero attached hydrogens (tertiary/aromatic N) is 2. The van der Waals surface area contributed by atoms with Crippen molar-refractivity contribution in [2.75, 3.05) is 21.3 Å². The molecule has 5 nitrogen and oxygen atoms in total. The maximum atomic E-state index is 10.2. The second kappa shape index (κ2) is 12.5. The van der Waals surface area contributed by atoms with E-state index in [-0.39, 0.29) is 18.3 Å². The van der Waals surface area contributed by atoms with Gasteiger partial charge in [0.15, 0.2) is 5.41 Å². The van der Waals surface area contributed by atoms with Gasteiger partial charge in [-0.25, -0.2) is 0 Å². The van der Waals surface area contributed by atoms with E-state index >= 15 is 0 Å². The third-order valence-electron chi connectivity index (χ3n) is 6.73. The van der Waals surface area contributed by atoms with Crippen LogP contribution in [-0.4, -0.2) is 21.3 Å². The van der Waals surface area contributed by atoms with Crippen LogP contribution in [0.25, 0.3) is 6.08 Å². The average Bonchev–Trinajstić information content (AvgIpc) is 2.93. The van der Waals surface area contributed by atoms with E-state index in [1.807, 2.05) is 36.4 Å². The molecule has 0 saturated heterocycles. The molecule has 0 bridgehead atoms. The predicted molar refractivity (Wildman–Crippen MR) is 146 cm³/mol. The summed E-state index contributed by atoms with van der Waals surface area (Å²) in [5.41, 5.74) is 1.51. The van der Waals surface area contributed by atoms with Crippen LogP contribution in [0.4, 0.5) is 0 Å². The number of nitriles is 2. The minimum Gasteiger partial charge on any atom is -0.497 e. The number of benzene rings is 2. The van der Waals surface area contributed by atoms with Crippen LogP contribution in [0.3, 0.4) is 0 Å². The van der Waals surface area contributed by atoms with E-state index in [9.17, 15) is 10.5 Å². The van der Waals surface area contributed by atoms with E-state index in [0.29, 0.717) is 11.5 Å². The van der Waals surface area contributed by atoms with E-state index in [0.717, 1.165) is 46.2 Å². The van der Waals surface area contributed by atoms with Crippen LogP contribution in [0.15, 0.2) is 71.3 Å². The molecule has 1 aliphatic rings. The lowest BCUT2D eigenvalue weighted by Gasteiger charge is -2.36. The first-order chi connectivity index (χ1) is 17.5. The summed E-state index contributed by atoms with van der Waals surface area (Å²) >= 11 is 3.76. The number of hydrogen-bond acceptors (Lipinski definition) is 5. The molecule has 0 heterocycles. The molecule has 0 N–H and O–H groups in total. The van der Waals surface area contributed by atoms with Gasteiger partial charge in [-0.3, -0.25) is 0 Å². The summed E-state index contributed by atoms with van der Waals surface area (Å²) in [7, 11) is 4.92. The van der Waals surface area contributed by atoms with E-state index in [1.54, 1.807) is 27.4 Å². The van der Waals surface area contributed by atoms with Gasteiger partial charge in [0.2, 0.25) is 0 Å². The lowest BCUT2D eigenvalue weighted by molar-refractivity contribution is 0.372. The predicted octanol–water partition coefficient (Wildman–Crippen LogP) is 7.61. The second-order valence-corrected chi connectivity index (χ2v) is 9.47. The van der Waals surface area contributed by atoms with Gasteiger partial charge in [0.25, 0.3) is 0 Å². The summed E-state index contributed by atoms with van der Waals surface area (Å²) in [6, 6.07) is 16.2. The van der Waals surface area contributed by atoms with Crippen LogP contribution in [-0.2, 0) is 0 Å².